The molecule has 4 nitrogen and oxygen atoms in total. The van der Waals surface area contributed by atoms with Gasteiger partial charge in [-0.1, -0.05) is 34.6 Å². The molecule has 0 bridgehead atoms. The van der Waals surface area contributed by atoms with Crippen molar-refractivity contribution in [1.29, 1.82) is 0 Å². The molecular formula is C19H32N4. The van der Waals surface area contributed by atoms with Crippen LogP contribution in [0.2, 0.25) is 0 Å². The van der Waals surface area contributed by atoms with Crippen LogP contribution in [0.1, 0.15) is 78.0 Å². The topological polar surface area (TPSA) is 35.6 Å². The van der Waals surface area contributed by atoms with Crippen LogP contribution >= 0.6 is 0 Å². The van der Waals surface area contributed by atoms with Crippen molar-refractivity contribution in [1.82, 2.24) is 19.6 Å². The lowest BCUT2D eigenvalue weighted by Gasteiger charge is -2.27. The minimum absolute atomic E-state index is 0.126. The normalized spacial score (nSPS) is 14.0. The summed E-state index contributed by atoms with van der Waals surface area (Å²) >= 11 is 0. The molecule has 0 amide bonds. The second-order valence-corrected chi connectivity index (χ2v) is 8.15. The largest absolute Gasteiger partial charge is 0.272 e. The van der Waals surface area contributed by atoms with Crippen molar-refractivity contribution >= 4 is 0 Å². The third-order valence-corrected chi connectivity index (χ3v) is 4.59. The standard InChI is InChI=1S/C19H32N4/c1-14(2)17-9-20-22(12-17)11-16(5)8-19(6,7)18-10-21-23(13-18)15(3)4/h9-10,12-16H,8,11H2,1-7H3. The molecule has 1 atom stereocenters. The molecule has 0 aliphatic heterocycles. The maximum atomic E-state index is 4.51. The van der Waals surface area contributed by atoms with Crippen LogP contribution in [0.3, 0.4) is 0 Å². The predicted octanol–water partition coefficient (Wildman–Crippen LogP) is 4.79. The molecule has 1 unspecified atom stereocenters. The Balaban J connectivity index is 2.00. The monoisotopic (exact) mass is 316 g/mol. The van der Waals surface area contributed by atoms with Gasteiger partial charge in [0.15, 0.2) is 0 Å². The van der Waals surface area contributed by atoms with E-state index in [0.29, 0.717) is 17.9 Å². The van der Waals surface area contributed by atoms with Gasteiger partial charge < -0.3 is 0 Å². The van der Waals surface area contributed by atoms with E-state index >= 15 is 0 Å². The average Bonchev–Trinajstić information content (AvgIpc) is 3.06. The number of rotatable bonds is 7. The fourth-order valence-electron chi connectivity index (χ4n) is 3.12. The van der Waals surface area contributed by atoms with Crippen molar-refractivity contribution in [2.75, 3.05) is 0 Å². The lowest BCUT2D eigenvalue weighted by molar-refractivity contribution is 0.334. The Bertz CT molecular complexity index is 619. The molecule has 0 saturated carbocycles. The molecule has 2 heterocycles. The van der Waals surface area contributed by atoms with E-state index in [-0.39, 0.29) is 5.41 Å². The van der Waals surface area contributed by atoms with Gasteiger partial charge in [0.05, 0.1) is 12.4 Å². The third-order valence-electron chi connectivity index (χ3n) is 4.59. The minimum atomic E-state index is 0.126. The summed E-state index contributed by atoms with van der Waals surface area (Å²) < 4.78 is 4.14. The van der Waals surface area contributed by atoms with E-state index < -0.39 is 0 Å². The Morgan fingerprint density at radius 2 is 1.70 bits per heavy atom. The van der Waals surface area contributed by atoms with Gasteiger partial charge in [-0.3, -0.25) is 9.36 Å². The first kappa shape index (κ1) is 17.8. The Morgan fingerprint density at radius 1 is 1.00 bits per heavy atom. The van der Waals surface area contributed by atoms with E-state index in [4.69, 9.17) is 0 Å². The second-order valence-electron chi connectivity index (χ2n) is 8.15. The van der Waals surface area contributed by atoms with Crippen molar-refractivity contribution in [3.05, 3.63) is 35.9 Å². The smallest absolute Gasteiger partial charge is 0.0527 e. The van der Waals surface area contributed by atoms with E-state index in [2.05, 4.69) is 75.7 Å². The maximum Gasteiger partial charge on any atom is 0.0527 e. The molecule has 2 aromatic rings. The van der Waals surface area contributed by atoms with Crippen LogP contribution in [0.5, 0.6) is 0 Å². The van der Waals surface area contributed by atoms with Gasteiger partial charge in [0.2, 0.25) is 0 Å². The molecule has 23 heavy (non-hydrogen) atoms. The number of hydrogen-bond donors (Lipinski definition) is 0. The van der Waals surface area contributed by atoms with E-state index in [1.54, 1.807) is 0 Å². The molecule has 4 heteroatoms. The van der Waals surface area contributed by atoms with Crippen LogP contribution < -0.4 is 0 Å². The van der Waals surface area contributed by atoms with Gasteiger partial charge in [-0.25, -0.2) is 0 Å². The average molecular weight is 316 g/mol. The second kappa shape index (κ2) is 6.90. The summed E-state index contributed by atoms with van der Waals surface area (Å²) in [6.07, 6.45) is 9.52. The molecule has 2 rings (SSSR count). The van der Waals surface area contributed by atoms with E-state index in [9.17, 15) is 0 Å². The molecule has 2 aromatic heterocycles. The molecule has 0 spiro atoms. The maximum absolute atomic E-state index is 4.51. The van der Waals surface area contributed by atoms with Gasteiger partial charge in [0.1, 0.15) is 0 Å². The van der Waals surface area contributed by atoms with Crippen LogP contribution in [0.4, 0.5) is 0 Å². The molecule has 0 aliphatic rings. The first-order valence-electron chi connectivity index (χ1n) is 8.76. The molecule has 128 valence electrons. The highest BCUT2D eigenvalue weighted by molar-refractivity contribution is 5.17. The zero-order chi connectivity index (χ0) is 17.2. The summed E-state index contributed by atoms with van der Waals surface area (Å²) in [4.78, 5) is 0. The van der Waals surface area contributed by atoms with Gasteiger partial charge in [0.25, 0.3) is 0 Å². The summed E-state index contributed by atoms with van der Waals surface area (Å²) in [5, 5.41) is 9.00. The highest BCUT2D eigenvalue weighted by Crippen LogP contribution is 2.31. The quantitative estimate of drug-likeness (QED) is 0.736. The van der Waals surface area contributed by atoms with Gasteiger partial charge in [-0.15, -0.1) is 0 Å². The van der Waals surface area contributed by atoms with Crippen molar-refractivity contribution in [2.24, 2.45) is 5.92 Å². The number of hydrogen-bond acceptors (Lipinski definition) is 2. The Labute approximate surface area is 140 Å². The summed E-state index contributed by atoms with van der Waals surface area (Å²) in [5.74, 6) is 1.10. The fourth-order valence-corrected chi connectivity index (χ4v) is 3.12. The highest BCUT2D eigenvalue weighted by atomic mass is 15.3. The minimum Gasteiger partial charge on any atom is -0.272 e. The summed E-state index contributed by atoms with van der Waals surface area (Å²) in [6, 6.07) is 0.413. The van der Waals surface area contributed by atoms with E-state index in [0.717, 1.165) is 13.0 Å². The zero-order valence-corrected chi connectivity index (χ0v) is 15.7. The summed E-state index contributed by atoms with van der Waals surface area (Å²) in [5.41, 5.74) is 2.76. The van der Waals surface area contributed by atoms with E-state index in [1.807, 2.05) is 17.1 Å². The highest BCUT2D eigenvalue weighted by Gasteiger charge is 2.25. The molecule has 0 N–H and O–H groups in total. The number of aromatic nitrogens is 4. The van der Waals surface area contributed by atoms with Crippen molar-refractivity contribution < 1.29 is 0 Å². The predicted molar refractivity (Wildman–Crippen MR) is 95.7 cm³/mol. The first-order valence-corrected chi connectivity index (χ1v) is 8.76. The SMILES string of the molecule is CC(Cn1cc(C(C)C)cn1)CC(C)(C)c1cnn(C(C)C)c1. The number of nitrogens with zero attached hydrogens (tertiary/aromatic N) is 4. The van der Waals surface area contributed by atoms with Crippen molar-refractivity contribution in [2.45, 2.75) is 78.8 Å². The lowest BCUT2D eigenvalue weighted by Crippen LogP contribution is -2.22. The van der Waals surface area contributed by atoms with E-state index in [1.165, 1.54) is 11.1 Å². The van der Waals surface area contributed by atoms with Crippen LogP contribution in [0.15, 0.2) is 24.8 Å². The Hall–Kier alpha value is -1.58. The van der Waals surface area contributed by atoms with Crippen LogP contribution in [-0.2, 0) is 12.0 Å². The van der Waals surface area contributed by atoms with Gasteiger partial charge in [-0.2, -0.15) is 10.2 Å². The molecule has 0 saturated heterocycles. The summed E-state index contributed by atoms with van der Waals surface area (Å²) in [7, 11) is 0. The summed E-state index contributed by atoms with van der Waals surface area (Å²) in [6.45, 7) is 16.6. The zero-order valence-electron chi connectivity index (χ0n) is 15.7. The molecule has 0 radical (unpaired) electrons. The Morgan fingerprint density at radius 3 is 2.22 bits per heavy atom. The van der Waals surface area contributed by atoms with Crippen molar-refractivity contribution in [3.8, 4) is 0 Å². The molecular weight excluding hydrogens is 284 g/mol. The van der Waals surface area contributed by atoms with Crippen molar-refractivity contribution in [3.63, 3.8) is 0 Å². The van der Waals surface area contributed by atoms with Gasteiger partial charge >= 0.3 is 0 Å². The van der Waals surface area contributed by atoms with Crippen LogP contribution in [-0.4, -0.2) is 19.6 Å². The third kappa shape index (κ3) is 4.46. The molecule has 0 fully saturated rings. The molecule has 0 aliphatic carbocycles. The van der Waals surface area contributed by atoms with Crippen LogP contribution in [0.25, 0.3) is 0 Å². The Kier molecular flexibility index (Phi) is 5.33. The van der Waals surface area contributed by atoms with Gasteiger partial charge in [-0.05, 0) is 48.6 Å². The fraction of sp³-hybridized carbons (Fsp3) is 0.684. The lowest BCUT2D eigenvalue weighted by atomic mass is 9.79. The van der Waals surface area contributed by atoms with Crippen LogP contribution in [0, 0.1) is 5.92 Å². The van der Waals surface area contributed by atoms with Gasteiger partial charge in [0, 0.05) is 25.0 Å². The first-order chi connectivity index (χ1) is 10.7. The molecule has 0 aromatic carbocycles.